The lowest BCUT2D eigenvalue weighted by atomic mass is 9.96. The van der Waals surface area contributed by atoms with Gasteiger partial charge in [-0.25, -0.2) is 0 Å². The Kier molecular flexibility index (Phi) is 3.18. The first-order chi connectivity index (χ1) is 9.63. The first kappa shape index (κ1) is 12.7. The molecule has 2 heterocycles. The van der Waals surface area contributed by atoms with Crippen LogP contribution < -0.4 is 10.1 Å². The van der Waals surface area contributed by atoms with E-state index in [0.29, 0.717) is 18.8 Å². The molecule has 1 atom stereocenters. The molecule has 3 rings (SSSR count). The average Bonchev–Trinajstić information content (AvgIpc) is 2.76. The van der Waals surface area contributed by atoms with Crippen molar-refractivity contribution in [3.05, 3.63) is 41.3 Å². The van der Waals surface area contributed by atoms with Crippen LogP contribution in [0.1, 0.15) is 17.0 Å². The summed E-state index contributed by atoms with van der Waals surface area (Å²) < 4.78 is 11.0. The maximum absolute atomic E-state index is 12.2. The van der Waals surface area contributed by atoms with E-state index in [9.17, 15) is 4.79 Å². The number of carbonyl (C=O) groups excluding carboxylic acids is 1. The van der Waals surface area contributed by atoms with Crippen LogP contribution >= 0.6 is 0 Å². The number of oxazole rings is 1. The third-order valence-corrected chi connectivity index (χ3v) is 3.51. The quantitative estimate of drug-likeness (QED) is 0.912. The smallest absolute Gasteiger partial charge is 0.301 e. The van der Waals surface area contributed by atoms with E-state index in [2.05, 4.69) is 10.3 Å². The Morgan fingerprint density at radius 1 is 1.35 bits per heavy atom. The van der Waals surface area contributed by atoms with Crippen LogP contribution in [0.25, 0.3) is 0 Å². The van der Waals surface area contributed by atoms with Crippen molar-refractivity contribution in [1.82, 2.24) is 4.98 Å². The maximum atomic E-state index is 12.2. The van der Waals surface area contributed by atoms with Crippen molar-refractivity contribution in [2.45, 2.75) is 20.3 Å². The third kappa shape index (κ3) is 2.39. The molecular weight excluding hydrogens is 256 g/mol. The van der Waals surface area contributed by atoms with Gasteiger partial charge >= 0.3 is 6.01 Å². The molecule has 1 aromatic heterocycles. The largest absolute Gasteiger partial charge is 0.492 e. The zero-order chi connectivity index (χ0) is 14.1. The number of fused-ring (bicyclic) bond motifs is 1. The van der Waals surface area contributed by atoms with Crippen molar-refractivity contribution in [1.29, 1.82) is 0 Å². The van der Waals surface area contributed by atoms with Crippen LogP contribution in [0.4, 0.5) is 6.01 Å². The van der Waals surface area contributed by atoms with E-state index in [-0.39, 0.29) is 17.8 Å². The van der Waals surface area contributed by atoms with Gasteiger partial charge in [-0.05, 0) is 31.9 Å². The Labute approximate surface area is 117 Å². The lowest BCUT2D eigenvalue weighted by Crippen LogP contribution is -2.32. The summed E-state index contributed by atoms with van der Waals surface area (Å²) in [5, 5.41) is 2.71. The topological polar surface area (TPSA) is 64.4 Å². The fourth-order valence-electron chi connectivity index (χ4n) is 2.23. The molecule has 1 aromatic carbocycles. The van der Waals surface area contributed by atoms with Crippen LogP contribution in [-0.4, -0.2) is 17.5 Å². The minimum Gasteiger partial charge on any atom is -0.492 e. The summed E-state index contributed by atoms with van der Waals surface area (Å²) in [4.78, 5) is 16.4. The summed E-state index contributed by atoms with van der Waals surface area (Å²) in [5.74, 6) is 1.23. The molecule has 2 aromatic rings. The Hall–Kier alpha value is -2.30. The van der Waals surface area contributed by atoms with Gasteiger partial charge < -0.3 is 9.15 Å². The molecule has 1 aliphatic heterocycles. The highest BCUT2D eigenvalue weighted by Crippen LogP contribution is 2.27. The molecule has 0 saturated heterocycles. The van der Waals surface area contributed by atoms with Crippen molar-refractivity contribution >= 4 is 11.9 Å². The van der Waals surface area contributed by atoms with E-state index in [1.165, 1.54) is 0 Å². The monoisotopic (exact) mass is 272 g/mol. The minimum absolute atomic E-state index is 0.124. The molecule has 1 aliphatic rings. The van der Waals surface area contributed by atoms with E-state index in [1.807, 2.05) is 38.1 Å². The van der Waals surface area contributed by atoms with E-state index in [0.717, 1.165) is 17.0 Å². The number of amides is 1. The Morgan fingerprint density at radius 3 is 2.90 bits per heavy atom. The Balaban J connectivity index is 1.70. The number of benzene rings is 1. The molecular formula is C15H16N2O3. The first-order valence-corrected chi connectivity index (χ1v) is 6.59. The second kappa shape index (κ2) is 5.00. The molecule has 104 valence electrons. The zero-order valence-electron chi connectivity index (χ0n) is 11.5. The van der Waals surface area contributed by atoms with Crippen molar-refractivity contribution < 1.29 is 13.9 Å². The summed E-state index contributed by atoms with van der Waals surface area (Å²) in [6.07, 6.45) is 0.667. The number of para-hydroxylation sites is 1. The van der Waals surface area contributed by atoms with Gasteiger partial charge in [0.05, 0.1) is 11.6 Å². The number of nitrogens with one attached hydrogen (secondary N) is 1. The van der Waals surface area contributed by atoms with Gasteiger partial charge in [-0.2, -0.15) is 4.98 Å². The van der Waals surface area contributed by atoms with Crippen LogP contribution in [0.5, 0.6) is 5.75 Å². The highest BCUT2D eigenvalue weighted by Gasteiger charge is 2.26. The van der Waals surface area contributed by atoms with Gasteiger partial charge in [-0.15, -0.1) is 0 Å². The average molecular weight is 272 g/mol. The van der Waals surface area contributed by atoms with Crippen molar-refractivity contribution in [3.8, 4) is 5.75 Å². The van der Waals surface area contributed by atoms with E-state index in [4.69, 9.17) is 9.15 Å². The molecule has 5 nitrogen and oxygen atoms in total. The predicted octanol–water partition coefficient (Wildman–Crippen LogP) is 2.48. The Bertz CT molecular complexity index is 629. The number of ether oxygens (including phenoxy) is 1. The molecule has 0 fully saturated rings. The molecule has 0 aliphatic carbocycles. The molecule has 5 heteroatoms. The maximum Gasteiger partial charge on any atom is 0.301 e. The second-order valence-corrected chi connectivity index (χ2v) is 4.97. The van der Waals surface area contributed by atoms with Crippen LogP contribution in [0.15, 0.2) is 28.7 Å². The Morgan fingerprint density at radius 2 is 2.15 bits per heavy atom. The molecule has 1 amide bonds. The number of nitrogens with zero attached hydrogens (tertiary/aromatic N) is 1. The highest BCUT2D eigenvalue weighted by atomic mass is 16.5. The number of aryl methyl sites for hydroxylation is 2. The highest BCUT2D eigenvalue weighted by molar-refractivity contribution is 5.91. The SMILES string of the molecule is Cc1nc(NC(=O)C2COc3ccccc3C2)oc1C. The van der Waals surface area contributed by atoms with Crippen LogP contribution in [0.3, 0.4) is 0 Å². The molecule has 0 bridgehead atoms. The normalized spacial score (nSPS) is 17.2. The lowest BCUT2D eigenvalue weighted by Gasteiger charge is -2.23. The van der Waals surface area contributed by atoms with Gasteiger partial charge in [0, 0.05) is 0 Å². The van der Waals surface area contributed by atoms with Gasteiger partial charge in [0.2, 0.25) is 5.91 Å². The van der Waals surface area contributed by atoms with Crippen LogP contribution in [0, 0.1) is 19.8 Å². The van der Waals surface area contributed by atoms with Gasteiger partial charge in [0.15, 0.2) is 0 Å². The standard InChI is InChI=1S/C15H16N2O3/c1-9-10(2)20-15(16-9)17-14(18)12-7-11-5-3-4-6-13(11)19-8-12/h3-6,12H,7-8H2,1-2H3,(H,16,17,18). The number of aromatic nitrogens is 1. The molecule has 0 spiro atoms. The summed E-state index contributed by atoms with van der Waals surface area (Å²) >= 11 is 0. The van der Waals surface area contributed by atoms with Crippen molar-refractivity contribution in [2.75, 3.05) is 11.9 Å². The van der Waals surface area contributed by atoms with Crippen LogP contribution in [-0.2, 0) is 11.2 Å². The molecule has 1 unspecified atom stereocenters. The van der Waals surface area contributed by atoms with Crippen molar-refractivity contribution in [3.63, 3.8) is 0 Å². The zero-order valence-corrected chi connectivity index (χ0v) is 11.5. The van der Waals surface area contributed by atoms with E-state index >= 15 is 0 Å². The van der Waals surface area contributed by atoms with Gasteiger partial charge in [0.1, 0.15) is 18.1 Å². The van der Waals surface area contributed by atoms with Crippen molar-refractivity contribution in [2.24, 2.45) is 5.92 Å². The van der Waals surface area contributed by atoms with Gasteiger partial charge in [-0.1, -0.05) is 18.2 Å². The predicted molar refractivity (Wildman–Crippen MR) is 73.7 cm³/mol. The number of hydrogen-bond acceptors (Lipinski definition) is 4. The number of rotatable bonds is 2. The summed E-state index contributed by atoms with van der Waals surface area (Å²) in [5.41, 5.74) is 1.84. The molecule has 0 saturated carbocycles. The summed E-state index contributed by atoms with van der Waals surface area (Å²) in [6.45, 7) is 4.04. The molecule has 20 heavy (non-hydrogen) atoms. The number of anilines is 1. The summed E-state index contributed by atoms with van der Waals surface area (Å²) in [6, 6.07) is 8.03. The lowest BCUT2D eigenvalue weighted by molar-refractivity contribution is -0.121. The van der Waals surface area contributed by atoms with E-state index in [1.54, 1.807) is 0 Å². The van der Waals surface area contributed by atoms with E-state index < -0.39 is 0 Å². The second-order valence-electron chi connectivity index (χ2n) is 4.97. The third-order valence-electron chi connectivity index (χ3n) is 3.51. The first-order valence-electron chi connectivity index (χ1n) is 6.59. The number of carbonyl (C=O) groups is 1. The molecule has 1 N–H and O–H groups in total. The van der Waals surface area contributed by atoms with Gasteiger partial charge in [0.25, 0.3) is 0 Å². The fraction of sp³-hybridized carbons (Fsp3) is 0.333. The number of hydrogen-bond donors (Lipinski definition) is 1. The fourth-order valence-corrected chi connectivity index (χ4v) is 2.23. The molecule has 0 radical (unpaired) electrons. The minimum atomic E-state index is -0.225. The summed E-state index contributed by atoms with van der Waals surface area (Å²) in [7, 11) is 0. The van der Waals surface area contributed by atoms with Crippen LogP contribution in [0.2, 0.25) is 0 Å². The van der Waals surface area contributed by atoms with Gasteiger partial charge in [-0.3, -0.25) is 10.1 Å².